The van der Waals surface area contributed by atoms with Gasteiger partial charge in [-0.15, -0.1) is 0 Å². The fraction of sp³-hybridized carbons (Fsp3) is 0.0476. The van der Waals surface area contributed by atoms with E-state index < -0.39 is 15.8 Å². The van der Waals surface area contributed by atoms with Crippen LogP contribution in [-0.4, -0.2) is 19.3 Å². The highest BCUT2D eigenvalue weighted by Crippen LogP contribution is 2.29. The minimum Gasteiger partial charge on any atom is -0.298 e. The molecule has 0 atom stereocenters. The number of sulfonamides is 1. The van der Waals surface area contributed by atoms with Crippen LogP contribution in [-0.2, 0) is 10.0 Å². The van der Waals surface area contributed by atoms with Crippen LogP contribution < -0.4 is 10.0 Å². The molecule has 4 rings (SSSR count). The summed E-state index contributed by atoms with van der Waals surface area (Å²) in [6, 6.07) is 16.6. The predicted molar refractivity (Wildman–Crippen MR) is 116 cm³/mol. The number of rotatable bonds is 5. The Kier molecular flexibility index (Phi) is 5.23. The van der Waals surface area contributed by atoms with Crippen molar-refractivity contribution < 1.29 is 17.6 Å². The van der Waals surface area contributed by atoms with E-state index in [4.69, 9.17) is 0 Å². The zero-order valence-corrected chi connectivity index (χ0v) is 17.4. The first kappa shape index (κ1) is 20.0. The fourth-order valence-corrected chi connectivity index (χ4v) is 4.64. The van der Waals surface area contributed by atoms with Crippen LogP contribution in [0.3, 0.4) is 0 Å². The van der Waals surface area contributed by atoms with Gasteiger partial charge in [0.25, 0.3) is 15.9 Å². The average molecular weight is 442 g/mol. The number of carbonyl (C=O) groups excluding carboxylic acids is 1. The summed E-state index contributed by atoms with van der Waals surface area (Å²) >= 11 is 1.29. The summed E-state index contributed by atoms with van der Waals surface area (Å²) in [5, 5.41) is 3.17. The zero-order chi connectivity index (χ0) is 21.3. The molecule has 0 saturated heterocycles. The van der Waals surface area contributed by atoms with Crippen molar-refractivity contribution in [2.75, 3.05) is 10.0 Å². The van der Waals surface area contributed by atoms with Gasteiger partial charge in [0.05, 0.1) is 20.8 Å². The first-order valence-corrected chi connectivity index (χ1v) is 11.2. The van der Waals surface area contributed by atoms with Gasteiger partial charge in [-0.05, 0) is 61.5 Å². The summed E-state index contributed by atoms with van der Waals surface area (Å²) in [6.45, 7) is 1.94. The Labute approximate surface area is 176 Å². The van der Waals surface area contributed by atoms with E-state index in [0.29, 0.717) is 21.9 Å². The maximum atomic E-state index is 13.0. The second kappa shape index (κ2) is 7.85. The van der Waals surface area contributed by atoms with Gasteiger partial charge in [0.1, 0.15) is 5.82 Å². The quantitative estimate of drug-likeness (QED) is 0.466. The van der Waals surface area contributed by atoms with Gasteiger partial charge < -0.3 is 0 Å². The Bertz CT molecular complexity index is 1330. The third-order valence-electron chi connectivity index (χ3n) is 4.30. The lowest BCUT2D eigenvalue weighted by molar-refractivity contribution is 0.102. The van der Waals surface area contributed by atoms with Crippen LogP contribution in [0.5, 0.6) is 0 Å². The number of halogens is 1. The summed E-state index contributed by atoms with van der Waals surface area (Å²) in [6.07, 6.45) is 0. The average Bonchev–Trinajstić information content (AvgIpc) is 3.10. The Balaban J connectivity index is 1.54. The number of hydrogen-bond acceptors (Lipinski definition) is 5. The van der Waals surface area contributed by atoms with E-state index in [-0.39, 0.29) is 10.8 Å². The number of hydrogen-bond donors (Lipinski definition) is 2. The van der Waals surface area contributed by atoms with E-state index in [1.54, 1.807) is 30.3 Å². The molecular weight excluding hydrogens is 425 g/mol. The molecule has 0 aliphatic carbocycles. The normalized spacial score (nSPS) is 11.4. The van der Waals surface area contributed by atoms with Crippen LogP contribution in [0, 0.1) is 12.7 Å². The number of nitrogens with zero attached hydrogens (tertiary/aromatic N) is 1. The predicted octanol–water partition coefficient (Wildman–Crippen LogP) is 4.80. The van der Waals surface area contributed by atoms with Crippen molar-refractivity contribution in [3.05, 3.63) is 83.7 Å². The molecule has 0 aliphatic rings. The summed E-state index contributed by atoms with van der Waals surface area (Å²) in [5.41, 5.74) is 2.43. The van der Waals surface area contributed by atoms with E-state index in [0.717, 1.165) is 22.4 Å². The van der Waals surface area contributed by atoms with Crippen molar-refractivity contribution in [2.45, 2.75) is 11.8 Å². The highest BCUT2D eigenvalue weighted by atomic mass is 32.2. The Morgan fingerprint density at radius 3 is 2.40 bits per heavy atom. The van der Waals surface area contributed by atoms with Crippen LogP contribution in [0.15, 0.2) is 71.6 Å². The standard InChI is InChI=1S/C21H16FN3O3S2/c1-13-2-4-14(5-3-13)20(26)24-21-23-18-12-16(8-11-19(18)29-21)25-30(27,28)17-9-6-15(22)7-10-17/h2-12,25H,1H3,(H,23,24,26). The van der Waals surface area contributed by atoms with Crippen LogP contribution in [0.25, 0.3) is 10.2 Å². The largest absolute Gasteiger partial charge is 0.298 e. The highest BCUT2D eigenvalue weighted by Gasteiger charge is 2.15. The molecule has 1 amide bonds. The summed E-state index contributed by atoms with van der Waals surface area (Å²) in [4.78, 5) is 16.7. The van der Waals surface area contributed by atoms with Crippen molar-refractivity contribution in [2.24, 2.45) is 0 Å². The van der Waals surface area contributed by atoms with Crippen molar-refractivity contribution in [3.63, 3.8) is 0 Å². The van der Waals surface area contributed by atoms with E-state index in [9.17, 15) is 17.6 Å². The van der Waals surface area contributed by atoms with E-state index in [1.165, 1.54) is 23.5 Å². The van der Waals surface area contributed by atoms with Gasteiger partial charge in [-0.25, -0.2) is 17.8 Å². The minimum atomic E-state index is -3.86. The monoisotopic (exact) mass is 441 g/mol. The first-order valence-electron chi connectivity index (χ1n) is 8.87. The number of anilines is 2. The van der Waals surface area contributed by atoms with Gasteiger partial charge >= 0.3 is 0 Å². The number of fused-ring (bicyclic) bond motifs is 1. The molecule has 4 aromatic rings. The Morgan fingerprint density at radius 2 is 1.70 bits per heavy atom. The second-order valence-electron chi connectivity index (χ2n) is 6.58. The lowest BCUT2D eigenvalue weighted by Crippen LogP contribution is -2.12. The number of benzene rings is 3. The summed E-state index contributed by atoms with van der Waals surface area (Å²) < 4.78 is 41.2. The molecule has 3 aromatic carbocycles. The van der Waals surface area contributed by atoms with Crippen LogP contribution >= 0.6 is 11.3 Å². The summed E-state index contributed by atoms with van der Waals surface area (Å²) in [5.74, 6) is -0.788. The molecule has 0 unspecified atom stereocenters. The van der Waals surface area contributed by atoms with Crippen LogP contribution in [0.1, 0.15) is 15.9 Å². The molecule has 0 bridgehead atoms. The minimum absolute atomic E-state index is 0.0478. The molecule has 1 aromatic heterocycles. The zero-order valence-electron chi connectivity index (χ0n) is 15.7. The van der Waals surface area contributed by atoms with Crippen LogP contribution in [0.2, 0.25) is 0 Å². The second-order valence-corrected chi connectivity index (χ2v) is 9.29. The highest BCUT2D eigenvalue weighted by molar-refractivity contribution is 7.92. The molecule has 1 heterocycles. The third-order valence-corrected chi connectivity index (χ3v) is 6.65. The maximum absolute atomic E-state index is 13.0. The number of amides is 1. The Hall–Kier alpha value is -3.30. The lowest BCUT2D eigenvalue weighted by atomic mass is 10.1. The number of nitrogens with one attached hydrogen (secondary N) is 2. The summed E-state index contributed by atoms with van der Waals surface area (Å²) in [7, 11) is -3.86. The third kappa shape index (κ3) is 4.32. The molecule has 0 aliphatic heterocycles. The van der Waals surface area contributed by atoms with Crippen LogP contribution in [0.4, 0.5) is 15.2 Å². The molecule has 2 N–H and O–H groups in total. The number of thiazole rings is 1. The maximum Gasteiger partial charge on any atom is 0.261 e. The number of aromatic nitrogens is 1. The molecule has 0 spiro atoms. The van der Waals surface area contributed by atoms with Gasteiger partial charge in [-0.1, -0.05) is 29.0 Å². The van der Waals surface area contributed by atoms with Crippen molar-refractivity contribution >= 4 is 48.3 Å². The van der Waals surface area contributed by atoms with E-state index >= 15 is 0 Å². The van der Waals surface area contributed by atoms with Crippen molar-refractivity contribution in [3.8, 4) is 0 Å². The van der Waals surface area contributed by atoms with Gasteiger partial charge in [-0.3, -0.25) is 14.8 Å². The molecule has 0 saturated carbocycles. The van der Waals surface area contributed by atoms with Gasteiger partial charge in [0, 0.05) is 5.56 Å². The molecule has 0 radical (unpaired) electrons. The van der Waals surface area contributed by atoms with Gasteiger partial charge in [-0.2, -0.15) is 0 Å². The molecule has 152 valence electrons. The van der Waals surface area contributed by atoms with Crippen molar-refractivity contribution in [1.29, 1.82) is 0 Å². The number of aryl methyl sites for hydroxylation is 1. The lowest BCUT2D eigenvalue weighted by Gasteiger charge is -2.07. The van der Waals surface area contributed by atoms with E-state index in [2.05, 4.69) is 15.0 Å². The van der Waals surface area contributed by atoms with Gasteiger partial charge in [0.2, 0.25) is 0 Å². The SMILES string of the molecule is Cc1ccc(C(=O)Nc2nc3cc(NS(=O)(=O)c4ccc(F)cc4)ccc3s2)cc1. The van der Waals surface area contributed by atoms with E-state index in [1.807, 2.05) is 19.1 Å². The molecular formula is C21H16FN3O3S2. The topological polar surface area (TPSA) is 88.2 Å². The molecule has 30 heavy (non-hydrogen) atoms. The number of carbonyl (C=O) groups is 1. The Morgan fingerprint density at radius 1 is 1.00 bits per heavy atom. The fourth-order valence-electron chi connectivity index (χ4n) is 2.75. The molecule has 6 nitrogen and oxygen atoms in total. The molecule has 9 heteroatoms. The first-order chi connectivity index (χ1) is 14.3. The van der Waals surface area contributed by atoms with Crippen molar-refractivity contribution in [1.82, 2.24) is 4.98 Å². The molecule has 0 fully saturated rings. The smallest absolute Gasteiger partial charge is 0.261 e. The van der Waals surface area contributed by atoms with Gasteiger partial charge in [0.15, 0.2) is 5.13 Å².